The Labute approximate surface area is 113 Å². The molecule has 3 N–H and O–H groups in total. The van der Waals surface area contributed by atoms with E-state index in [0.29, 0.717) is 12.5 Å². The highest BCUT2D eigenvalue weighted by Gasteiger charge is 2.64. The first-order chi connectivity index (χ1) is 8.69. The van der Waals surface area contributed by atoms with Crippen LogP contribution in [0.1, 0.15) is 38.1 Å². The Morgan fingerprint density at radius 3 is 2.32 bits per heavy atom. The monoisotopic (exact) mass is 263 g/mol. The van der Waals surface area contributed by atoms with Crippen molar-refractivity contribution in [3.63, 3.8) is 0 Å². The molecule has 0 aliphatic heterocycles. The first-order valence-corrected chi connectivity index (χ1v) is 6.48. The van der Waals surface area contributed by atoms with E-state index in [1.165, 1.54) is 18.2 Å². The molecule has 0 radical (unpaired) electrons. The first-order valence-electron chi connectivity index (χ1n) is 6.48. The number of amides is 1. The van der Waals surface area contributed by atoms with Gasteiger partial charge in [-0.25, -0.2) is 0 Å². The number of benzene rings is 1. The van der Waals surface area contributed by atoms with E-state index in [1.54, 1.807) is 0 Å². The molecule has 1 amide bonds. The summed E-state index contributed by atoms with van der Waals surface area (Å²) in [7, 11) is 0. The highest BCUT2D eigenvalue weighted by molar-refractivity contribution is 5.97. The standard InChI is InChI=1S/C15H21NO3/c1-14(2)11(15(14,3)4)8-16-13(19)9-6-5-7-10(17)12(9)18/h5-7,11,17-18H,8H2,1-4H3,(H,16,19). The number of phenols is 2. The highest BCUT2D eigenvalue weighted by atomic mass is 16.3. The Balaban J connectivity index is 2.02. The van der Waals surface area contributed by atoms with Crippen molar-refractivity contribution in [2.45, 2.75) is 27.7 Å². The van der Waals surface area contributed by atoms with Crippen LogP contribution < -0.4 is 5.32 Å². The fraction of sp³-hybridized carbons (Fsp3) is 0.533. The molecule has 19 heavy (non-hydrogen) atoms. The third-order valence-electron chi connectivity index (χ3n) is 5.05. The van der Waals surface area contributed by atoms with Crippen molar-refractivity contribution in [2.75, 3.05) is 6.54 Å². The predicted molar refractivity (Wildman–Crippen MR) is 73.2 cm³/mol. The van der Waals surface area contributed by atoms with Crippen LogP contribution in [0.2, 0.25) is 0 Å². The Kier molecular flexibility index (Phi) is 3.00. The number of carbonyl (C=O) groups excluding carboxylic acids is 1. The second kappa shape index (κ2) is 4.15. The quantitative estimate of drug-likeness (QED) is 0.734. The lowest BCUT2D eigenvalue weighted by atomic mass is 10.0. The lowest BCUT2D eigenvalue weighted by Gasteiger charge is -2.08. The predicted octanol–water partition coefficient (Wildman–Crippen LogP) is 2.51. The zero-order chi connectivity index (χ0) is 14.4. The summed E-state index contributed by atoms with van der Waals surface area (Å²) in [5.41, 5.74) is 0.527. The van der Waals surface area contributed by atoms with Crippen molar-refractivity contribution < 1.29 is 15.0 Å². The first kappa shape index (κ1) is 13.7. The summed E-state index contributed by atoms with van der Waals surface area (Å²) < 4.78 is 0. The SMILES string of the molecule is CC1(C)C(CNC(=O)c2cccc(O)c2O)C1(C)C. The Bertz CT molecular complexity index is 506. The smallest absolute Gasteiger partial charge is 0.255 e. The van der Waals surface area contributed by atoms with Crippen LogP contribution in [-0.4, -0.2) is 22.7 Å². The molecule has 0 spiro atoms. The summed E-state index contributed by atoms with van der Waals surface area (Å²) in [6, 6.07) is 4.38. The fourth-order valence-corrected chi connectivity index (χ4v) is 2.85. The molecule has 0 unspecified atom stereocenters. The lowest BCUT2D eigenvalue weighted by molar-refractivity contribution is 0.0946. The van der Waals surface area contributed by atoms with Crippen LogP contribution in [0.3, 0.4) is 0 Å². The van der Waals surface area contributed by atoms with Crippen LogP contribution in [0.15, 0.2) is 18.2 Å². The number of para-hydroxylation sites is 1. The summed E-state index contributed by atoms with van der Waals surface area (Å²) in [5, 5.41) is 21.8. The van der Waals surface area contributed by atoms with Crippen molar-refractivity contribution in [3.05, 3.63) is 23.8 Å². The Hall–Kier alpha value is -1.71. The van der Waals surface area contributed by atoms with E-state index in [0.717, 1.165) is 0 Å². The molecule has 0 atom stereocenters. The van der Waals surface area contributed by atoms with E-state index in [-0.39, 0.29) is 33.8 Å². The van der Waals surface area contributed by atoms with Gasteiger partial charge in [-0.15, -0.1) is 0 Å². The fourth-order valence-electron chi connectivity index (χ4n) is 2.85. The van der Waals surface area contributed by atoms with E-state index >= 15 is 0 Å². The second-order valence-electron chi connectivity index (χ2n) is 6.38. The van der Waals surface area contributed by atoms with Crippen molar-refractivity contribution in [3.8, 4) is 11.5 Å². The van der Waals surface area contributed by atoms with Crippen LogP contribution in [0.5, 0.6) is 11.5 Å². The van der Waals surface area contributed by atoms with E-state index in [4.69, 9.17) is 0 Å². The highest BCUT2D eigenvalue weighted by Crippen LogP contribution is 2.67. The van der Waals surface area contributed by atoms with E-state index in [9.17, 15) is 15.0 Å². The number of nitrogens with one attached hydrogen (secondary N) is 1. The number of hydrogen-bond donors (Lipinski definition) is 3. The van der Waals surface area contributed by atoms with Gasteiger partial charge in [0.2, 0.25) is 0 Å². The van der Waals surface area contributed by atoms with Crippen LogP contribution in [0.4, 0.5) is 0 Å². The maximum atomic E-state index is 12.0. The van der Waals surface area contributed by atoms with Gasteiger partial charge in [0, 0.05) is 6.54 Å². The molecule has 1 fully saturated rings. The molecule has 2 rings (SSSR count). The average Bonchev–Trinajstić information content (AvgIpc) is 2.70. The van der Waals surface area contributed by atoms with Gasteiger partial charge < -0.3 is 15.5 Å². The van der Waals surface area contributed by atoms with Crippen molar-refractivity contribution >= 4 is 5.91 Å². The minimum Gasteiger partial charge on any atom is -0.504 e. The van der Waals surface area contributed by atoms with Crippen LogP contribution in [-0.2, 0) is 0 Å². The maximum Gasteiger partial charge on any atom is 0.255 e. The van der Waals surface area contributed by atoms with Crippen molar-refractivity contribution in [2.24, 2.45) is 16.7 Å². The molecule has 104 valence electrons. The van der Waals surface area contributed by atoms with Crippen LogP contribution in [0.25, 0.3) is 0 Å². The molecule has 1 aliphatic carbocycles. The molecule has 4 nitrogen and oxygen atoms in total. The molecule has 1 aromatic rings. The number of phenolic OH excluding ortho intramolecular Hbond substituents is 2. The Morgan fingerprint density at radius 1 is 1.21 bits per heavy atom. The van der Waals surface area contributed by atoms with Gasteiger partial charge in [0.15, 0.2) is 11.5 Å². The van der Waals surface area contributed by atoms with E-state index < -0.39 is 0 Å². The summed E-state index contributed by atoms with van der Waals surface area (Å²) in [6.07, 6.45) is 0. The minimum atomic E-state index is -0.366. The number of aromatic hydroxyl groups is 2. The average molecular weight is 263 g/mol. The van der Waals surface area contributed by atoms with Gasteiger partial charge in [-0.1, -0.05) is 33.8 Å². The lowest BCUT2D eigenvalue weighted by Crippen LogP contribution is -2.27. The van der Waals surface area contributed by atoms with Gasteiger partial charge >= 0.3 is 0 Å². The zero-order valence-electron chi connectivity index (χ0n) is 11.8. The van der Waals surface area contributed by atoms with E-state index in [1.807, 2.05) is 0 Å². The molecule has 1 aromatic carbocycles. The van der Waals surface area contributed by atoms with Crippen molar-refractivity contribution in [1.29, 1.82) is 0 Å². The van der Waals surface area contributed by atoms with E-state index in [2.05, 4.69) is 33.0 Å². The number of rotatable bonds is 3. The molecular formula is C15H21NO3. The molecule has 1 aliphatic rings. The largest absolute Gasteiger partial charge is 0.504 e. The molecule has 0 bridgehead atoms. The minimum absolute atomic E-state index is 0.108. The Morgan fingerprint density at radius 2 is 1.79 bits per heavy atom. The molecule has 0 aromatic heterocycles. The summed E-state index contributed by atoms with van der Waals surface area (Å²) >= 11 is 0. The third kappa shape index (κ3) is 2.05. The molecule has 0 heterocycles. The molecule has 4 heteroatoms. The van der Waals surface area contributed by atoms with Gasteiger partial charge in [0.05, 0.1) is 5.56 Å². The normalized spacial score (nSPS) is 20.0. The van der Waals surface area contributed by atoms with Crippen LogP contribution in [0, 0.1) is 16.7 Å². The number of carbonyl (C=O) groups is 1. The van der Waals surface area contributed by atoms with Gasteiger partial charge in [0.1, 0.15) is 0 Å². The molecule has 1 saturated carbocycles. The third-order valence-corrected chi connectivity index (χ3v) is 5.05. The zero-order valence-corrected chi connectivity index (χ0v) is 11.8. The number of hydrogen-bond acceptors (Lipinski definition) is 3. The summed E-state index contributed by atoms with van der Waals surface area (Å²) in [6.45, 7) is 9.34. The summed E-state index contributed by atoms with van der Waals surface area (Å²) in [5.74, 6) is -0.579. The second-order valence-corrected chi connectivity index (χ2v) is 6.38. The topological polar surface area (TPSA) is 69.6 Å². The van der Waals surface area contributed by atoms with Gasteiger partial charge in [-0.05, 0) is 28.9 Å². The van der Waals surface area contributed by atoms with Crippen LogP contribution >= 0.6 is 0 Å². The maximum absolute atomic E-state index is 12.0. The molecular weight excluding hydrogens is 242 g/mol. The summed E-state index contributed by atoms with van der Waals surface area (Å²) in [4.78, 5) is 12.0. The molecule has 0 saturated heterocycles. The van der Waals surface area contributed by atoms with Gasteiger partial charge in [-0.2, -0.15) is 0 Å². The van der Waals surface area contributed by atoms with Crippen molar-refractivity contribution in [1.82, 2.24) is 5.32 Å². The van der Waals surface area contributed by atoms with Gasteiger partial charge in [-0.3, -0.25) is 4.79 Å². The van der Waals surface area contributed by atoms with Gasteiger partial charge in [0.25, 0.3) is 5.91 Å².